The largest absolute Gasteiger partial charge is 0.339 e. The van der Waals surface area contributed by atoms with Crippen LogP contribution in [0.5, 0.6) is 0 Å². The van der Waals surface area contributed by atoms with Gasteiger partial charge >= 0.3 is 0 Å². The van der Waals surface area contributed by atoms with Crippen molar-refractivity contribution in [1.82, 2.24) is 9.97 Å². The van der Waals surface area contributed by atoms with Crippen molar-refractivity contribution < 1.29 is 4.92 Å². The van der Waals surface area contributed by atoms with Gasteiger partial charge in [0.25, 0.3) is 5.69 Å². The molecule has 0 saturated carbocycles. The summed E-state index contributed by atoms with van der Waals surface area (Å²) in [7, 11) is 0. The molecule has 0 atom stereocenters. The monoisotopic (exact) mass is 416 g/mol. The maximum atomic E-state index is 11.1. The molecule has 4 aromatic rings. The van der Waals surface area contributed by atoms with E-state index >= 15 is 0 Å². The SMILES string of the molecule is O=[N+]([O-])c1cccc(-c2csc3ncnc(Nc4cc(Cl)cc(Cl)c4)c23)c1. The summed E-state index contributed by atoms with van der Waals surface area (Å²) in [6, 6.07) is 11.6. The van der Waals surface area contributed by atoms with Crippen LogP contribution in [0.3, 0.4) is 0 Å². The minimum Gasteiger partial charge on any atom is -0.339 e. The maximum Gasteiger partial charge on any atom is 0.270 e. The summed E-state index contributed by atoms with van der Waals surface area (Å²) >= 11 is 13.6. The third-order valence-electron chi connectivity index (χ3n) is 3.86. The smallest absolute Gasteiger partial charge is 0.270 e. The number of aromatic nitrogens is 2. The zero-order chi connectivity index (χ0) is 19.0. The lowest BCUT2D eigenvalue weighted by atomic mass is 10.1. The van der Waals surface area contributed by atoms with Crippen molar-refractivity contribution in [2.45, 2.75) is 0 Å². The number of hydrogen-bond donors (Lipinski definition) is 1. The van der Waals surface area contributed by atoms with Crippen molar-refractivity contribution in [2.75, 3.05) is 5.32 Å². The summed E-state index contributed by atoms with van der Waals surface area (Å²) in [6.07, 6.45) is 1.46. The van der Waals surface area contributed by atoms with Gasteiger partial charge in [0.1, 0.15) is 17.0 Å². The maximum absolute atomic E-state index is 11.1. The zero-order valence-corrected chi connectivity index (χ0v) is 15.8. The van der Waals surface area contributed by atoms with Crippen LogP contribution in [0, 0.1) is 10.1 Å². The van der Waals surface area contributed by atoms with Crippen molar-refractivity contribution >= 4 is 61.9 Å². The Labute approximate surface area is 167 Å². The second-order valence-electron chi connectivity index (χ2n) is 5.64. The Hall–Kier alpha value is -2.74. The van der Waals surface area contributed by atoms with Crippen molar-refractivity contribution in [3.05, 3.63) is 74.3 Å². The summed E-state index contributed by atoms with van der Waals surface area (Å²) in [4.78, 5) is 20.1. The van der Waals surface area contributed by atoms with E-state index in [1.165, 1.54) is 29.8 Å². The van der Waals surface area contributed by atoms with E-state index in [1.807, 2.05) is 11.4 Å². The molecule has 0 fully saturated rings. The fourth-order valence-corrected chi connectivity index (χ4v) is 4.17. The first kappa shape index (κ1) is 17.7. The minimum absolute atomic E-state index is 0.0276. The van der Waals surface area contributed by atoms with E-state index in [0.29, 0.717) is 21.6 Å². The second-order valence-corrected chi connectivity index (χ2v) is 7.37. The Balaban J connectivity index is 1.84. The molecule has 2 aromatic carbocycles. The molecule has 0 bridgehead atoms. The van der Waals surface area contributed by atoms with E-state index in [0.717, 1.165) is 21.3 Å². The molecule has 9 heteroatoms. The standard InChI is InChI=1S/C18H10Cl2N4O2S/c19-11-5-12(20)7-13(6-11)23-17-16-15(8-27-18(16)22-9-21-17)10-2-1-3-14(4-10)24(25)26/h1-9H,(H,21,22,23). The number of nitrogens with one attached hydrogen (secondary N) is 1. The van der Waals surface area contributed by atoms with Gasteiger partial charge in [-0.25, -0.2) is 9.97 Å². The van der Waals surface area contributed by atoms with Gasteiger partial charge in [0, 0.05) is 38.8 Å². The van der Waals surface area contributed by atoms with E-state index in [9.17, 15) is 10.1 Å². The van der Waals surface area contributed by atoms with Gasteiger partial charge in [-0.05, 0) is 23.8 Å². The quantitative estimate of drug-likeness (QED) is 0.311. The van der Waals surface area contributed by atoms with E-state index in [-0.39, 0.29) is 5.69 Å². The number of nitro benzene ring substituents is 1. The molecule has 0 saturated heterocycles. The topological polar surface area (TPSA) is 81.0 Å². The summed E-state index contributed by atoms with van der Waals surface area (Å²) in [5.41, 5.74) is 2.25. The number of anilines is 2. The highest BCUT2D eigenvalue weighted by atomic mass is 35.5. The highest BCUT2D eigenvalue weighted by Gasteiger charge is 2.16. The molecule has 6 nitrogen and oxygen atoms in total. The second kappa shape index (κ2) is 7.11. The Bertz CT molecular complexity index is 1160. The van der Waals surface area contributed by atoms with Gasteiger partial charge in [-0.1, -0.05) is 35.3 Å². The molecule has 2 heterocycles. The highest BCUT2D eigenvalue weighted by molar-refractivity contribution is 7.17. The average Bonchev–Trinajstić information content (AvgIpc) is 3.06. The molecule has 27 heavy (non-hydrogen) atoms. The molecule has 2 aromatic heterocycles. The fraction of sp³-hybridized carbons (Fsp3) is 0. The van der Waals surface area contributed by atoms with Crippen LogP contribution >= 0.6 is 34.5 Å². The molecular formula is C18H10Cl2N4O2S. The lowest BCUT2D eigenvalue weighted by Crippen LogP contribution is -1.96. The molecule has 0 aliphatic heterocycles. The lowest BCUT2D eigenvalue weighted by Gasteiger charge is -2.09. The van der Waals surface area contributed by atoms with Crippen LogP contribution in [0.4, 0.5) is 17.2 Å². The molecule has 134 valence electrons. The van der Waals surface area contributed by atoms with Crippen molar-refractivity contribution in [2.24, 2.45) is 0 Å². The Kier molecular flexibility index (Phi) is 4.65. The van der Waals surface area contributed by atoms with Crippen LogP contribution in [-0.2, 0) is 0 Å². The van der Waals surface area contributed by atoms with E-state index in [4.69, 9.17) is 23.2 Å². The van der Waals surface area contributed by atoms with Gasteiger partial charge in [0.15, 0.2) is 0 Å². The third-order valence-corrected chi connectivity index (χ3v) is 5.19. The van der Waals surface area contributed by atoms with Crippen molar-refractivity contribution in [1.29, 1.82) is 0 Å². The third kappa shape index (κ3) is 3.57. The molecule has 4 rings (SSSR count). The first-order chi connectivity index (χ1) is 13.0. The highest BCUT2D eigenvalue weighted by Crippen LogP contribution is 2.38. The Morgan fingerprint density at radius 3 is 2.59 bits per heavy atom. The number of nitro groups is 1. The average molecular weight is 417 g/mol. The number of hydrogen-bond acceptors (Lipinski definition) is 6. The van der Waals surface area contributed by atoms with Gasteiger partial charge in [-0.3, -0.25) is 10.1 Å². The molecular weight excluding hydrogens is 407 g/mol. The van der Waals surface area contributed by atoms with Gasteiger partial charge in [0.05, 0.1) is 10.3 Å². The van der Waals surface area contributed by atoms with Crippen LogP contribution in [0.1, 0.15) is 0 Å². The summed E-state index contributed by atoms with van der Waals surface area (Å²) in [6.45, 7) is 0. The number of nitrogens with zero attached hydrogens (tertiary/aromatic N) is 3. The Morgan fingerprint density at radius 1 is 1.07 bits per heavy atom. The molecule has 0 spiro atoms. The fourth-order valence-electron chi connectivity index (χ4n) is 2.73. The van der Waals surface area contributed by atoms with Crippen LogP contribution < -0.4 is 5.32 Å². The normalized spacial score (nSPS) is 10.9. The number of benzene rings is 2. The van der Waals surface area contributed by atoms with Gasteiger partial charge in [-0.2, -0.15) is 0 Å². The van der Waals surface area contributed by atoms with Crippen molar-refractivity contribution in [3.63, 3.8) is 0 Å². The van der Waals surface area contributed by atoms with E-state index < -0.39 is 4.92 Å². The predicted octanol–water partition coefficient (Wildman–Crippen LogP) is 6.32. The number of rotatable bonds is 4. The molecule has 0 unspecified atom stereocenters. The number of fused-ring (bicyclic) bond motifs is 1. The Morgan fingerprint density at radius 2 is 1.85 bits per heavy atom. The van der Waals surface area contributed by atoms with Crippen LogP contribution in [0.25, 0.3) is 21.3 Å². The molecule has 0 radical (unpaired) electrons. The van der Waals surface area contributed by atoms with Crippen LogP contribution in [-0.4, -0.2) is 14.9 Å². The first-order valence-corrected chi connectivity index (χ1v) is 9.35. The molecule has 1 N–H and O–H groups in total. The number of non-ortho nitro benzene ring substituents is 1. The summed E-state index contributed by atoms with van der Waals surface area (Å²) < 4.78 is 0. The first-order valence-electron chi connectivity index (χ1n) is 7.71. The van der Waals surface area contributed by atoms with Gasteiger partial charge in [0.2, 0.25) is 0 Å². The van der Waals surface area contributed by atoms with Gasteiger partial charge < -0.3 is 5.32 Å². The molecule has 0 aliphatic carbocycles. The number of thiophene rings is 1. The minimum atomic E-state index is -0.415. The van der Waals surface area contributed by atoms with Crippen LogP contribution in [0.15, 0.2) is 54.2 Å². The summed E-state index contributed by atoms with van der Waals surface area (Å²) in [5, 5.41) is 18.0. The zero-order valence-electron chi connectivity index (χ0n) is 13.5. The van der Waals surface area contributed by atoms with E-state index in [1.54, 1.807) is 24.3 Å². The van der Waals surface area contributed by atoms with Crippen LogP contribution in [0.2, 0.25) is 10.0 Å². The molecule has 0 amide bonds. The van der Waals surface area contributed by atoms with E-state index in [2.05, 4.69) is 15.3 Å². The molecule has 0 aliphatic rings. The number of halogens is 2. The van der Waals surface area contributed by atoms with Gasteiger partial charge in [-0.15, -0.1) is 11.3 Å². The summed E-state index contributed by atoms with van der Waals surface area (Å²) in [5.74, 6) is 0.570. The lowest BCUT2D eigenvalue weighted by molar-refractivity contribution is -0.384. The predicted molar refractivity (Wildman–Crippen MR) is 109 cm³/mol. The van der Waals surface area contributed by atoms with Crippen molar-refractivity contribution in [3.8, 4) is 11.1 Å².